The summed E-state index contributed by atoms with van der Waals surface area (Å²) in [6.07, 6.45) is 4.05. The number of likely N-dealkylation sites (tertiary alicyclic amines) is 1. The average molecular weight is 195 g/mol. The van der Waals surface area contributed by atoms with E-state index in [0.29, 0.717) is 12.5 Å². The second-order valence-corrected chi connectivity index (χ2v) is 4.00. The molecule has 0 aliphatic carbocycles. The first kappa shape index (κ1) is 9.68. The SMILES string of the molecule is CN1CCC(c2oncc2CN)CC1. The molecule has 2 N–H and O–H groups in total. The average Bonchev–Trinajstić information content (AvgIpc) is 2.67. The van der Waals surface area contributed by atoms with E-state index in [2.05, 4.69) is 17.1 Å². The standard InChI is InChI=1S/C10H17N3O/c1-13-4-2-8(3-5-13)10-9(6-11)7-12-14-10/h7-8H,2-6,11H2,1H3. The van der Waals surface area contributed by atoms with E-state index in [-0.39, 0.29) is 0 Å². The van der Waals surface area contributed by atoms with E-state index in [9.17, 15) is 0 Å². The van der Waals surface area contributed by atoms with Gasteiger partial charge in [-0.3, -0.25) is 0 Å². The second kappa shape index (κ2) is 4.11. The molecule has 0 atom stereocenters. The monoisotopic (exact) mass is 195 g/mol. The number of piperidine rings is 1. The summed E-state index contributed by atoms with van der Waals surface area (Å²) in [6.45, 7) is 2.80. The van der Waals surface area contributed by atoms with Crippen molar-refractivity contribution in [1.29, 1.82) is 0 Å². The minimum absolute atomic E-state index is 0.521. The maximum absolute atomic E-state index is 5.62. The van der Waals surface area contributed by atoms with Crippen molar-refractivity contribution in [3.8, 4) is 0 Å². The van der Waals surface area contributed by atoms with Crippen molar-refractivity contribution in [1.82, 2.24) is 10.1 Å². The van der Waals surface area contributed by atoms with Gasteiger partial charge in [-0.1, -0.05) is 5.16 Å². The molecule has 0 bridgehead atoms. The molecule has 2 heterocycles. The highest BCUT2D eigenvalue weighted by Gasteiger charge is 2.23. The van der Waals surface area contributed by atoms with Crippen molar-refractivity contribution in [2.75, 3.05) is 20.1 Å². The number of aromatic nitrogens is 1. The van der Waals surface area contributed by atoms with Gasteiger partial charge in [-0.25, -0.2) is 0 Å². The minimum atomic E-state index is 0.521. The highest BCUT2D eigenvalue weighted by Crippen LogP contribution is 2.29. The van der Waals surface area contributed by atoms with Crippen LogP contribution in [0.4, 0.5) is 0 Å². The number of nitrogens with two attached hydrogens (primary N) is 1. The third-order valence-corrected chi connectivity index (χ3v) is 2.99. The fourth-order valence-corrected chi connectivity index (χ4v) is 2.03. The number of nitrogens with zero attached hydrogens (tertiary/aromatic N) is 2. The zero-order valence-electron chi connectivity index (χ0n) is 8.57. The number of hydrogen-bond acceptors (Lipinski definition) is 4. The zero-order chi connectivity index (χ0) is 9.97. The van der Waals surface area contributed by atoms with Crippen molar-refractivity contribution in [3.05, 3.63) is 17.5 Å². The molecule has 1 saturated heterocycles. The Kier molecular flexibility index (Phi) is 2.84. The van der Waals surface area contributed by atoms with Gasteiger partial charge in [0.05, 0.1) is 6.20 Å². The lowest BCUT2D eigenvalue weighted by Gasteiger charge is -2.27. The molecule has 0 unspecified atom stereocenters. The maximum atomic E-state index is 5.62. The molecule has 0 saturated carbocycles. The molecule has 1 aromatic heterocycles. The predicted molar refractivity (Wildman–Crippen MR) is 53.9 cm³/mol. The van der Waals surface area contributed by atoms with Crippen LogP contribution in [0.25, 0.3) is 0 Å². The Morgan fingerprint density at radius 3 is 2.93 bits per heavy atom. The summed E-state index contributed by atoms with van der Waals surface area (Å²) in [5.74, 6) is 1.54. The summed E-state index contributed by atoms with van der Waals surface area (Å²) >= 11 is 0. The topological polar surface area (TPSA) is 55.3 Å². The van der Waals surface area contributed by atoms with Gasteiger partial charge in [0, 0.05) is 18.0 Å². The quantitative estimate of drug-likeness (QED) is 0.763. The van der Waals surface area contributed by atoms with Crippen LogP contribution in [0.5, 0.6) is 0 Å². The van der Waals surface area contributed by atoms with Crippen LogP contribution in [0.15, 0.2) is 10.7 Å². The summed E-state index contributed by atoms with van der Waals surface area (Å²) < 4.78 is 5.28. The van der Waals surface area contributed by atoms with E-state index in [0.717, 1.165) is 37.3 Å². The highest BCUT2D eigenvalue weighted by atomic mass is 16.5. The summed E-state index contributed by atoms with van der Waals surface area (Å²) in [4.78, 5) is 2.34. The van der Waals surface area contributed by atoms with Crippen molar-refractivity contribution in [3.63, 3.8) is 0 Å². The van der Waals surface area contributed by atoms with E-state index in [1.807, 2.05) is 0 Å². The predicted octanol–water partition coefficient (Wildman–Crippen LogP) is 0.943. The Balaban J connectivity index is 2.08. The minimum Gasteiger partial charge on any atom is -0.361 e. The maximum Gasteiger partial charge on any atom is 0.144 e. The first-order chi connectivity index (χ1) is 6.81. The van der Waals surface area contributed by atoms with Crippen LogP contribution in [-0.4, -0.2) is 30.2 Å². The Labute approximate surface area is 84.0 Å². The van der Waals surface area contributed by atoms with E-state index in [4.69, 9.17) is 10.3 Å². The van der Waals surface area contributed by atoms with Crippen LogP contribution in [0.3, 0.4) is 0 Å². The van der Waals surface area contributed by atoms with Crippen molar-refractivity contribution in [2.24, 2.45) is 5.73 Å². The largest absolute Gasteiger partial charge is 0.361 e. The van der Waals surface area contributed by atoms with Crippen molar-refractivity contribution >= 4 is 0 Å². The second-order valence-electron chi connectivity index (χ2n) is 4.00. The summed E-state index contributed by atoms with van der Waals surface area (Å²) in [5, 5.41) is 3.82. The normalized spacial score (nSPS) is 20.1. The lowest BCUT2D eigenvalue weighted by atomic mass is 9.92. The highest BCUT2D eigenvalue weighted by molar-refractivity contribution is 5.17. The lowest BCUT2D eigenvalue weighted by molar-refractivity contribution is 0.230. The molecule has 1 aliphatic rings. The molecule has 0 amide bonds. The fraction of sp³-hybridized carbons (Fsp3) is 0.700. The third kappa shape index (κ3) is 1.81. The Bertz CT molecular complexity index is 289. The molecule has 1 aromatic rings. The third-order valence-electron chi connectivity index (χ3n) is 2.99. The molecule has 2 rings (SSSR count). The smallest absolute Gasteiger partial charge is 0.144 e. The molecule has 0 radical (unpaired) electrons. The Morgan fingerprint density at radius 1 is 1.57 bits per heavy atom. The summed E-state index contributed by atoms with van der Waals surface area (Å²) in [5.41, 5.74) is 6.69. The zero-order valence-corrected chi connectivity index (χ0v) is 8.57. The van der Waals surface area contributed by atoms with Crippen molar-refractivity contribution in [2.45, 2.75) is 25.3 Å². The van der Waals surface area contributed by atoms with Gasteiger partial charge in [0.2, 0.25) is 0 Å². The van der Waals surface area contributed by atoms with Crippen LogP contribution in [0, 0.1) is 0 Å². The number of hydrogen-bond donors (Lipinski definition) is 1. The first-order valence-electron chi connectivity index (χ1n) is 5.13. The molecule has 1 aliphatic heterocycles. The van der Waals surface area contributed by atoms with Gasteiger partial charge in [0.15, 0.2) is 0 Å². The van der Waals surface area contributed by atoms with Crippen molar-refractivity contribution < 1.29 is 4.52 Å². The molecule has 14 heavy (non-hydrogen) atoms. The van der Waals surface area contributed by atoms with Gasteiger partial charge in [0.25, 0.3) is 0 Å². The van der Waals surface area contributed by atoms with Gasteiger partial charge >= 0.3 is 0 Å². The molecule has 4 heteroatoms. The molecule has 0 aromatic carbocycles. The van der Waals surface area contributed by atoms with Gasteiger partial charge in [-0.15, -0.1) is 0 Å². The van der Waals surface area contributed by atoms with Gasteiger partial charge in [0.1, 0.15) is 5.76 Å². The van der Waals surface area contributed by atoms with Crippen LogP contribution >= 0.6 is 0 Å². The molecule has 4 nitrogen and oxygen atoms in total. The first-order valence-corrected chi connectivity index (χ1v) is 5.13. The van der Waals surface area contributed by atoms with Crippen LogP contribution in [0.2, 0.25) is 0 Å². The summed E-state index contributed by atoms with van der Waals surface area (Å²) in [6, 6.07) is 0. The molecule has 0 spiro atoms. The van der Waals surface area contributed by atoms with Crippen LogP contribution < -0.4 is 5.73 Å². The summed E-state index contributed by atoms with van der Waals surface area (Å²) in [7, 11) is 2.15. The van der Waals surface area contributed by atoms with E-state index < -0.39 is 0 Å². The van der Waals surface area contributed by atoms with Crippen LogP contribution in [0.1, 0.15) is 30.1 Å². The molecule has 78 valence electrons. The van der Waals surface area contributed by atoms with Crippen LogP contribution in [-0.2, 0) is 6.54 Å². The van der Waals surface area contributed by atoms with Gasteiger partial charge < -0.3 is 15.2 Å². The van der Waals surface area contributed by atoms with E-state index in [1.54, 1.807) is 6.20 Å². The molecule has 1 fully saturated rings. The number of rotatable bonds is 2. The molecular weight excluding hydrogens is 178 g/mol. The fourth-order valence-electron chi connectivity index (χ4n) is 2.03. The Hall–Kier alpha value is -0.870. The van der Waals surface area contributed by atoms with E-state index in [1.165, 1.54) is 0 Å². The van der Waals surface area contributed by atoms with E-state index >= 15 is 0 Å². The lowest BCUT2D eigenvalue weighted by Crippen LogP contribution is -2.29. The van der Waals surface area contributed by atoms with Gasteiger partial charge in [-0.2, -0.15) is 0 Å². The molecular formula is C10H17N3O. The van der Waals surface area contributed by atoms with Gasteiger partial charge in [-0.05, 0) is 33.0 Å². The Morgan fingerprint density at radius 2 is 2.29 bits per heavy atom.